The highest BCUT2D eigenvalue weighted by atomic mass is 16.1. The molecule has 0 atom stereocenters. The number of nitrogens with two attached hydrogens (primary N) is 2. The van der Waals surface area contributed by atoms with Gasteiger partial charge in [-0.25, -0.2) is 0 Å². The SMILES string of the molecule is Cc1cccc(-c2ccc(C(N)=O)c(-c3cccc(C)c3)c2C(N)=O)c1. The molecular weight excluding hydrogens is 324 g/mol. The summed E-state index contributed by atoms with van der Waals surface area (Å²) in [6, 6.07) is 18.8. The third-order valence-electron chi connectivity index (χ3n) is 4.35. The van der Waals surface area contributed by atoms with Crippen molar-refractivity contribution in [2.75, 3.05) is 0 Å². The molecule has 4 heteroatoms. The molecule has 0 radical (unpaired) electrons. The molecule has 2 amide bonds. The van der Waals surface area contributed by atoms with Crippen molar-refractivity contribution < 1.29 is 9.59 Å². The van der Waals surface area contributed by atoms with Crippen LogP contribution in [0.15, 0.2) is 60.7 Å². The fourth-order valence-corrected chi connectivity index (χ4v) is 3.22. The van der Waals surface area contributed by atoms with Crippen LogP contribution in [0.1, 0.15) is 31.8 Å². The number of carbonyl (C=O) groups excluding carboxylic acids is 2. The van der Waals surface area contributed by atoms with Gasteiger partial charge in [0.2, 0.25) is 11.8 Å². The van der Waals surface area contributed by atoms with Gasteiger partial charge in [-0.3, -0.25) is 9.59 Å². The zero-order chi connectivity index (χ0) is 18.8. The van der Waals surface area contributed by atoms with Crippen LogP contribution < -0.4 is 11.5 Å². The van der Waals surface area contributed by atoms with Gasteiger partial charge in [0.05, 0.1) is 5.56 Å². The van der Waals surface area contributed by atoms with Crippen molar-refractivity contribution in [1.29, 1.82) is 0 Å². The molecule has 26 heavy (non-hydrogen) atoms. The van der Waals surface area contributed by atoms with Gasteiger partial charge in [0, 0.05) is 11.1 Å². The molecule has 4 nitrogen and oxygen atoms in total. The van der Waals surface area contributed by atoms with Gasteiger partial charge < -0.3 is 11.5 Å². The van der Waals surface area contributed by atoms with E-state index < -0.39 is 11.8 Å². The number of amides is 2. The molecule has 0 unspecified atom stereocenters. The fraction of sp³-hybridized carbons (Fsp3) is 0.0909. The molecule has 0 spiro atoms. The Labute approximate surface area is 152 Å². The highest BCUT2D eigenvalue weighted by Gasteiger charge is 2.22. The second kappa shape index (κ2) is 6.84. The molecule has 0 aliphatic carbocycles. The summed E-state index contributed by atoms with van der Waals surface area (Å²) in [5.41, 5.74) is 16.7. The first-order valence-corrected chi connectivity index (χ1v) is 8.29. The first kappa shape index (κ1) is 17.4. The van der Waals surface area contributed by atoms with Gasteiger partial charge in [0.15, 0.2) is 0 Å². The van der Waals surface area contributed by atoms with Crippen molar-refractivity contribution in [2.24, 2.45) is 11.5 Å². The first-order chi connectivity index (χ1) is 12.4. The molecule has 0 aliphatic heterocycles. The molecule has 0 fully saturated rings. The van der Waals surface area contributed by atoms with E-state index in [2.05, 4.69) is 0 Å². The summed E-state index contributed by atoms with van der Waals surface area (Å²) >= 11 is 0. The van der Waals surface area contributed by atoms with E-state index in [9.17, 15) is 9.59 Å². The Morgan fingerprint density at radius 1 is 0.731 bits per heavy atom. The predicted octanol–water partition coefficient (Wildman–Crippen LogP) is 3.84. The molecule has 3 rings (SSSR count). The molecule has 0 heterocycles. The van der Waals surface area contributed by atoms with Crippen LogP contribution in [0.3, 0.4) is 0 Å². The first-order valence-electron chi connectivity index (χ1n) is 8.29. The van der Waals surface area contributed by atoms with E-state index in [1.165, 1.54) is 0 Å². The molecule has 0 saturated heterocycles. The number of primary amides is 2. The minimum Gasteiger partial charge on any atom is -0.366 e. The van der Waals surface area contributed by atoms with E-state index in [-0.39, 0.29) is 5.56 Å². The monoisotopic (exact) mass is 344 g/mol. The van der Waals surface area contributed by atoms with E-state index in [4.69, 9.17) is 11.5 Å². The number of hydrogen-bond donors (Lipinski definition) is 2. The molecule has 4 N–H and O–H groups in total. The molecule has 3 aromatic rings. The van der Waals surface area contributed by atoms with E-state index in [0.29, 0.717) is 16.7 Å². The molecule has 0 saturated carbocycles. The molecule has 0 aromatic heterocycles. The summed E-state index contributed by atoms with van der Waals surface area (Å²) in [5, 5.41) is 0. The van der Waals surface area contributed by atoms with Gasteiger partial charge >= 0.3 is 0 Å². The quantitative estimate of drug-likeness (QED) is 0.753. The summed E-state index contributed by atoms with van der Waals surface area (Å²) in [6.45, 7) is 3.93. The molecular formula is C22H20N2O2. The maximum Gasteiger partial charge on any atom is 0.249 e. The summed E-state index contributed by atoms with van der Waals surface area (Å²) in [4.78, 5) is 24.4. The largest absolute Gasteiger partial charge is 0.366 e. The van der Waals surface area contributed by atoms with Crippen LogP contribution in [0.25, 0.3) is 22.3 Å². The zero-order valence-electron chi connectivity index (χ0n) is 14.7. The lowest BCUT2D eigenvalue weighted by Gasteiger charge is -2.17. The predicted molar refractivity (Wildman–Crippen MR) is 104 cm³/mol. The molecule has 0 bridgehead atoms. The van der Waals surface area contributed by atoms with Crippen molar-refractivity contribution in [3.05, 3.63) is 82.9 Å². The lowest BCUT2D eigenvalue weighted by Crippen LogP contribution is -2.19. The Kier molecular flexibility index (Phi) is 4.59. The van der Waals surface area contributed by atoms with Crippen molar-refractivity contribution in [2.45, 2.75) is 13.8 Å². The molecule has 130 valence electrons. The van der Waals surface area contributed by atoms with Crippen LogP contribution in [-0.2, 0) is 0 Å². The van der Waals surface area contributed by atoms with Gasteiger partial charge in [-0.15, -0.1) is 0 Å². The Balaban J connectivity index is 2.41. The minimum absolute atomic E-state index is 0.279. The Hall–Kier alpha value is -3.40. The molecule has 3 aromatic carbocycles. The Bertz CT molecular complexity index is 1020. The summed E-state index contributed by atoms with van der Waals surface area (Å²) < 4.78 is 0. The lowest BCUT2D eigenvalue weighted by atomic mass is 9.87. The van der Waals surface area contributed by atoms with Crippen molar-refractivity contribution in [3.8, 4) is 22.3 Å². The highest BCUT2D eigenvalue weighted by Crippen LogP contribution is 2.35. The van der Waals surface area contributed by atoms with Crippen molar-refractivity contribution in [3.63, 3.8) is 0 Å². The van der Waals surface area contributed by atoms with E-state index in [1.807, 2.05) is 62.4 Å². The van der Waals surface area contributed by atoms with E-state index in [0.717, 1.165) is 22.3 Å². The van der Waals surface area contributed by atoms with E-state index >= 15 is 0 Å². The average Bonchev–Trinajstić information content (AvgIpc) is 2.60. The smallest absolute Gasteiger partial charge is 0.249 e. The molecule has 0 aliphatic rings. The fourth-order valence-electron chi connectivity index (χ4n) is 3.22. The van der Waals surface area contributed by atoms with Crippen LogP contribution in [0, 0.1) is 13.8 Å². The normalized spacial score (nSPS) is 10.5. The third-order valence-corrected chi connectivity index (χ3v) is 4.35. The van der Waals surface area contributed by atoms with Crippen LogP contribution in [0.4, 0.5) is 0 Å². The second-order valence-electron chi connectivity index (χ2n) is 6.38. The maximum absolute atomic E-state index is 12.4. The Morgan fingerprint density at radius 3 is 1.85 bits per heavy atom. The Morgan fingerprint density at radius 2 is 1.31 bits per heavy atom. The van der Waals surface area contributed by atoms with Crippen molar-refractivity contribution >= 4 is 11.8 Å². The van der Waals surface area contributed by atoms with E-state index in [1.54, 1.807) is 12.1 Å². The van der Waals surface area contributed by atoms with Crippen LogP contribution >= 0.6 is 0 Å². The average molecular weight is 344 g/mol. The maximum atomic E-state index is 12.4. The van der Waals surface area contributed by atoms with Gasteiger partial charge in [-0.1, -0.05) is 65.7 Å². The number of aryl methyl sites for hydroxylation is 2. The topological polar surface area (TPSA) is 86.2 Å². The standard InChI is InChI=1S/C22H20N2O2/c1-13-5-3-7-15(11-13)17-9-10-18(21(23)25)19(20(17)22(24)26)16-8-4-6-14(2)12-16/h3-12H,1-2H3,(H2,23,25)(H2,24,26). The number of hydrogen-bond acceptors (Lipinski definition) is 2. The van der Waals surface area contributed by atoms with Crippen LogP contribution in [0.5, 0.6) is 0 Å². The van der Waals surface area contributed by atoms with Crippen LogP contribution in [0.2, 0.25) is 0 Å². The van der Waals surface area contributed by atoms with Crippen molar-refractivity contribution in [1.82, 2.24) is 0 Å². The highest BCUT2D eigenvalue weighted by molar-refractivity contribution is 6.12. The van der Waals surface area contributed by atoms with Gasteiger partial charge in [-0.05, 0) is 36.6 Å². The second-order valence-corrected chi connectivity index (χ2v) is 6.38. The van der Waals surface area contributed by atoms with Gasteiger partial charge in [0.1, 0.15) is 0 Å². The number of rotatable bonds is 4. The third kappa shape index (κ3) is 3.22. The number of carbonyl (C=O) groups is 2. The summed E-state index contributed by atoms with van der Waals surface area (Å²) in [6.07, 6.45) is 0. The van der Waals surface area contributed by atoms with Gasteiger partial charge in [0.25, 0.3) is 0 Å². The lowest BCUT2D eigenvalue weighted by molar-refractivity contribution is 0.0999. The van der Waals surface area contributed by atoms with Crippen LogP contribution in [-0.4, -0.2) is 11.8 Å². The zero-order valence-corrected chi connectivity index (χ0v) is 14.7. The summed E-state index contributed by atoms with van der Waals surface area (Å²) in [7, 11) is 0. The summed E-state index contributed by atoms with van der Waals surface area (Å²) in [5.74, 6) is -1.19. The van der Waals surface area contributed by atoms with Gasteiger partial charge in [-0.2, -0.15) is 0 Å². The number of benzene rings is 3. The minimum atomic E-state index is -0.597.